The molecule has 3 heteroatoms. The van der Waals surface area contributed by atoms with E-state index in [9.17, 15) is 0 Å². The van der Waals surface area contributed by atoms with E-state index in [1.54, 1.807) is 0 Å². The third-order valence-corrected chi connectivity index (χ3v) is 5.21. The standard InChI is InChI=1S/C16H26N2S/c1-12-3-4-13(2)15(9-12)11-16(18-17)10-14-5-7-19-8-6-14/h3-4,9,14,16,18H,5-8,10-11,17H2,1-2H3. The fourth-order valence-electron chi connectivity index (χ4n) is 2.88. The molecule has 2 rings (SSSR count). The first-order valence-corrected chi connectivity index (χ1v) is 8.44. The maximum Gasteiger partial charge on any atom is 0.0253 e. The molecule has 1 atom stereocenters. The van der Waals surface area contributed by atoms with Crippen molar-refractivity contribution in [2.75, 3.05) is 11.5 Å². The molecular weight excluding hydrogens is 252 g/mol. The van der Waals surface area contributed by atoms with Crippen LogP contribution in [-0.2, 0) is 6.42 Å². The van der Waals surface area contributed by atoms with E-state index in [-0.39, 0.29) is 0 Å². The molecule has 1 fully saturated rings. The Labute approximate surface area is 121 Å². The van der Waals surface area contributed by atoms with Crippen LogP contribution in [0.15, 0.2) is 18.2 Å². The van der Waals surface area contributed by atoms with Gasteiger partial charge in [-0.1, -0.05) is 23.8 Å². The lowest BCUT2D eigenvalue weighted by Gasteiger charge is -2.26. The smallest absolute Gasteiger partial charge is 0.0253 e. The minimum Gasteiger partial charge on any atom is -0.271 e. The molecule has 0 saturated carbocycles. The van der Waals surface area contributed by atoms with Crippen molar-refractivity contribution < 1.29 is 0 Å². The zero-order valence-corrected chi connectivity index (χ0v) is 12.9. The summed E-state index contributed by atoms with van der Waals surface area (Å²) in [6.07, 6.45) is 4.98. The Hall–Kier alpha value is -0.510. The maximum absolute atomic E-state index is 5.77. The van der Waals surface area contributed by atoms with Crippen LogP contribution in [0.5, 0.6) is 0 Å². The number of rotatable bonds is 5. The molecule has 3 N–H and O–H groups in total. The van der Waals surface area contributed by atoms with Crippen LogP contribution < -0.4 is 11.3 Å². The first kappa shape index (κ1) is 14.9. The van der Waals surface area contributed by atoms with Gasteiger partial charge in [-0.05, 0) is 68.1 Å². The Bertz CT molecular complexity index is 400. The summed E-state index contributed by atoms with van der Waals surface area (Å²) in [7, 11) is 0. The highest BCUT2D eigenvalue weighted by Gasteiger charge is 2.19. The molecule has 0 amide bonds. The van der Waals surface area contributed by atoms with E-state index in [1.807, 2.05) is 0 Å². The summed E-state index contributed by atoms with van der Waals surface area (Å²) in [5.74, 6) is 9.27. The Kier molecular flexibility index (Phi) is 5.74. The molecule has 1 aliphatic heterocycles. The average Bonchev–Trinajstić information content (AvgIpc) is 2.43. The zero-order valence-electron chi connectivity index (χ0n) is 12.1. The highest BCUT2D eigenvalue weighted by atomic mass is 32.2. The van der Waals surface area contributed by atoms with E-state index in [0.29, 0.717) is 6.04 Å². The molecule has 1 aliphatic rings. The number of hydrogen-bond donors (Lipinski definition) is 2. The van der Waals surface area contributed by atoms with Crippen LogP contribution in [0.4, 0.5) is 0 Å². The fourth-order valence-corrected chi connectivity index (χ4v) is 4.08. The SMILES string of the molecule is Cc1ccc(C)c(CC(CC2CCSCC2)NN)c1. The van der Waals surface area contributed by atoms with E-state index in [0.717, 1.165) is 12.3 Å². The molecule has 0 radical (unpaired) electrons. The van der Waals surface area contributed by atoms with Gasteiger partial charge in [0.05, 0.1) is 0 Å². The molecule has 19 heavy (non-hydrogen) atoms. The van der Waals surface area contributed by atoms with Gasteiger partial charge in [0.1, 0.15) is 0 Å². The molecule has 106 valence electrons. The fraction of sp³-hybridized carbons (Fsp3) is 0.625. The number of thioether (sulfide) groups is 1. The van der Waals surface area contributed by atoms with Gasteiger partial charge >= 0.3 is 0 Å². The predicted octanol–water partition coefficient (Wildman–Crippen LogP) is 3.21. The van der Waals surface area contributed by atoms with Gasteiger partial charge in [0.2, 0.25) is 0 Å². The topological polar surface area (TPSA) is 38.0 Å². The Morgan fingerprint density at radius 2 is 2.05 bits per heavy atom. The number of nitrogens with two attached hydrogens (primary N) is 1. The first-order chi connectivity index (χ1) is 9.19. The van der Waals surface area contributed by atoms with E-state index in [2.05, 4.69) is 49.2 Å². The van der Waals surface area contributed by atoms with E-state index < -0.39 is 0 Å². The Balaban J connectivity index is 1.95. The second-order valence-electron chi connectivity index (χ2n) is 5.79. The van der Waals surface area contributed by atoms with Crippen LogP contribution in [0.1, 0.15) is 36.0 Å². The number of hydrogen-bond acceptors (Lipinski definition) is 3. The minimum atomic E-state index is 0.411. The van der Waals surface area contributed by atoms with Crippen molar-refractivity contribution in [2.45, 2.75) is 45.6 Å². The molecule has 1 unspecified atom stereocenters. The summed E-state index contributed by atoms with van der Waals surface area (Å²) in [5, 5.41) is 0. The molecule has 0 aliphatic carbocycles. The number of aryl methyl sites for hydroxylation is 2. The van der Waals surface area contributed by atoms with Gasteiger partial charge in [-0.15, -0.1) is 0 Å². The Morgan fingerprint density at radius 1 is 1.32 bits per heavy atom. The summed E-state index contributed by atoms with van der Waals surface area (Å²) in [6.45, 7) is 4.35. The maximum atomic E-state index is 5.77. The lowest BCUT2D eigenvalue weighted by molar-refractivity contribution is 0.365. The molecule has 1 aromatic carbocycles. The highest BCUT2D eigenvalue weighted by Crippen LogP contribution is 2.27. The monoisotopic (exact) mass is 278 g/mol. The van der Waals surface area contributed by atoms with E-state index in [4.69, 9.17) is 5.84 Å². The number of benzene rings is 1. The van der Waals surface area contributed by atoms with Gasteiger partial charge < -0.3 is 0 Å². The van der Waals surface area contributed by atoms with E-state index >= 15 is 0 Å². The summed E-state index contributed by atoms with van der Waals surface area (Å²) in [5.41, 5.74) is 7.19. The first-order valence-electron chi connectivity index (χ1n) is 7.29. The Morgan fingerprint density at radius 3 is 2.74 bits per heavy atom. The predicted molar refractivity (Wildman–Crippen MR) is 85.4 cm³/mol. The zero-order chi connectivity index (χ0) is 13.7. The van der Waals surface area contributed by atoms with Gasteiger partial charge in [0.25, 0.3) is 0 Å². The van der Waals surface area contributed by atoms with Crippen molar-refractivity contribution in [1.29, 1.82) is 0 Å². The summed E-state index contributed by atoms with van der Waals surface area (Å²) in [6, 6.07) is 7.11. The van der Waals surface area contributed by atoms with Crippen molar-refractivity contribution in [3.8, 4) is 0 Å². The van der Waals surface area contributed by atoms with Gasteiger partial charge in [-0.3, -0.25) is 11.3 Å². The second kappa shape index (κ2) is 7.32. The molecule has 0 aromatic heterocycles. The second-order valence-corrected chi connectivity index (χ2v) is 7.01. The third kappa shape index (κ3) is 4.51. The third-order valence-electron chi connectivity index (χ3n) is 4.17. The van der Waals surface area contributed by atoms with Crippen LogP contribution in [0, 0.1) is 19.8 Å². The minimum absolute atomic E-state index is 0.411. The van der Waals surface area contributed by atoms with Gasteiger partial charge in [-0.25, -0.2) is 0 Å². The molecule has 2 nitrogen and oxygen atoms in total. The van der Waals surface area contributed by atoms with Crippen LogP contribution in [0.25, 0.3) is 0 Å². The molecule has 0 bridgehead atoms. The van der Waals surface area contributed by atoms with Gasteiger partial charge in [0, 0.05) is 6.04 Å². The van der Waals surface area contributed by atoms with Gasteiger partial charge in [-0.2, -0.15) is 11.8 Å². The van der Waals surface area contributed by atoms with Crippen LogP contribution in [0.3, 0.4) is 0 Å². The molecular formula is C16H26N2S. The summed E-state index contributed by atoms with van der Waals surface area (Å²) >= 11 is 2.09. The molecule has 1 heterocycles. The van der Waals surface area contributed by atoms with Crippen LogP contribution in [0.2, 0.25) is 0 Å². The van der Waals surface area contributed by atoms with Crippen molar-refractivity contribution in [3.05, 3.63) is 34.9 Å². The van der Waals surface area contributed by atoms with Crippen molar-refractivity contribution in [3.63, 3.8) is 0 Å². The number of hydrazine groups is 1. The summed E-state index contributed by atoms with van der Waals surface area (Å²) in [4.78, 5) is 0. The molecule has 0 spiro atoms. The quantitative estimate of drug-likeness (QED) is 0.641. The normalized spacial score (nSPS) is 18.5. The largest absolute Gasteiger partial charge is 0.271 e. The van der Waals surface area contributed by atoms with Crippen molar-refractivity contribution in [2.24, 2.45) is 11.8 Å². The molecule has 1 aromatic rings. The van der Waals surface area contributed by atoms with Crippen LogP contribution >= 0.6 is 11.8 Å². The molecule has 1 saturated heterocycles. The van der Waals surface area contributed by atoms with Crippen molar-refractivity contribution in [1.82, 2.24) is 5.43 Å². The van der Waals surface area contributed by atoms with E-state index in [1.165, 1.54) is 47.5 Å². The summed E-state index contributed by atoms with van der Waals surface area (Å²) < 4.78 is 0. The lowest BCUT2D eigenvalue weighted by atomic mass is 9.90. The van der Waals surface area contributed by atoms with Gasteiger partial charge in [0.15, 0.2) is 0 Å². The number of nitrogens with one attached hydrogen (secondary N) is 1. The highest BCUT2D eigenvalue weighted by molar-refractivity contribution is 7.99. The van der Waals surface area contributed by atoms with Crippen LogP contribution in [-0.4, -0.2) is 17.5 Å². The lowest BCUT2D eigenvalue weighted by Crippen LogP contribution is -2.39. The average molecular weight is 278 g/mol. The van der Waals surface area contributed by atoms with Crippen molar-refractivity contribution >= 4 is 11.8 Å².